The molecular weight excluding hydrogens is 306 g/mol. The van der Waals surface area contributed by atoms with Gasteiger partial charge in [-0.2, -0.15) is 0 Å². The van der Waals surface area contributed by atoms with E-state index in [1.807, 2.05) is 16.8 Å². The highest BCUT2D eigenvalue weighted by molar-refractivity contribution is 5.38. The minimum Gasteiger partial charge on any atom is -0.330 e. The lowest BCUT2D eigenvalue weighted by Gasteiger charge is -2.18. The van der Waals surface area contributed by atoms with Crippen LogP contribution < -0.4 is 0 Å². The molecule has 0 N–H and O–H groups in total. The van der Waals surface area contributed by atoms with Gasteiger partial charge in [-0.15, -0.1) is 0 Å². The zero-order chi connectivity index (χ0) is 17.3. The summed E-state index contributed by atoms with van der Waals surface area (Å²) in [5.41, 5.74) is 4.14. The number of hydrogen-bond acceptors (Lipinski definition) is 1. The third-order valence-corrected chi connectivity index (χ3v) is 4.60. The van der Waals surface area contributed by atoms with Crippen molar-refractivity contribution in [3.8, 4) is 0 Å². The van der Waals surface area contributed by atoms with Crippen molar-refractivity contribution in [1.29, 1.82) is 0 Å². The Kier molecular flexibility index (Phi) is 4.47. The molecule has 24 heavy (non-hydrogen) atoms. The van der Waals surface area contributed by atoms with E-state index in [9.17, 15) is 8.78 Å². The van der Waals surface area contributed by atoms with Crippen LogP contribution in [-0.2, 0) is 6.54 Å². The van der Waals surface area contributed by atoms with Crippen molar-refractivity contribution < 1.29 is 8.78 Å². The zero-order valence-corrected chi connectivity index (χ0v) is 14.1. The number of aryl methyl sites for hydroxylation is 1. The molecule has 124 valence electrons. The second-order valence-corrected chi connectivity index (χ2v) is 6.16. The summed E-state index contributed by atoms with van der Waals surface area (Å²) >= 11 is 0. The Balaban J connectivity index is 1.94. The van der Waals surface area contributed by atoms with Gasteiger partial charge in [-0.3, -0.25) is 0 Å². The number of benzene rings is 2. The molecule has 0 bridgehead atoms. The van der Waals surface area contributed by atoms with Gasteiger partial charge >= 0.3 is 0 Å². The Hall–Kier alpha value is -2.49. The summed E-state index contributed by atoms with van der Waals surface area (Å²) in [4.78, 5) is 4.47. The molecule has 0 saturated heterocycles. The molecule has 2 aromatic carbocycles. The molecular formula is C20H20F2N2. The first-order valence-electron chi connectivity index (χ1n) is 7.98. The Labute approximate surface area is 140 Å². The van der Waals surface area contributed by atoms with Crippen LogP contribution in [0.2, 0.25) is 0 Å². The third-order valence-electron chi connectivity index (χ3n) is 4.60. The fourth-order valence-corrected chi connectivity index (χ4v) is 3.05. The van der Waals surface area contributed by atoms with Gasteiger partial charge in [0.15, 0.2) is 0 Å². The van der Waals surface area contributed by atoms with E-state index in [0.717, 1.165) is 11.9 Å². The number of rotatable bonds is 4. The maximum atomic E-state index is 13.9. The maximum Gasteiger partial charge on any atom is 0.131 e. The van der Waals surface area contributed by atoms with E-state index in [1.54, 1.807) is 6.20 Å². The molecule has 3 rings (SSSR count). The van der Waals surface area contributed by atoms with Gasteiger partial charge in [0.25, 0.3) is 0 Å². The second kappa shape index (κ2) is 6.56. The van der Waals surface area contributed by atoms with Crippen LogP contribution in [0, 0.1) is 25.5 Å². The summed E-state index contributed by atoms with van der Waals surface area (Å²) in [6, 6.07) is 9.91. The Morgan fingerprint density at radius 1 is 1.12 bits per heavy atom. The van der Waals surface area contributed by atoms with Gasteiger partial charge in [-0.1, -0.05) is 31.2 Å². The SMILES string of the molecule is Cc1cccc([C@H](C)c2nccn2Cc2ccc(F)cc2F)c1C. The fraction of sp³-hybridized carbons (Fsp3) is 0.250. The first kappa shape index (κ1) is 16.4. The van der Waals surface area contributed by atoms with E-state index in [2.05, 4.69) is 37.9 Å². The number of hydrogen-bond donors (Lipinski definition) is 0. The first-order chi connectivity index (χ1) is 11.5. The topological polar surface area (TPSA) is 17.8 Å². The van der Waals surface area contributed by atoms with Crippen LogP contribution in [0.15, 0.2) is 48.8 Å². The lowest BCUT2D eigenvalue weighted by atomic mass is 9.93. The number of imidazole rings is 1. The molecule has 1 aromatic heterocycles. The van der Waals surface area contributed by atoms with Crippen molar-refractivity contribution in [2.75, 3.05) is 0 Å². The van der Waals surface area contributed by atoms with Gasteiger partial charge in [0.2, 0.25) is 0 Å². The van der Waals surface area contributed by atoms with E-state index in [-0.39, 0.29) is 5.92 Å². The number of aromatic nitrogens is 2. The van der Waals surface area contributed by atoms with Gasteiger partial charge in [-0.25, -0.2) is 13.8 Å². The number of halogens is 2. The van der Waals surface area contributed by atoms with Crippen molar-refractivity contribution in [2.45, 2.75) is 33.2 Å². The van der Waals surface area contributed by atoms with E-state index in [4.69, 9.17) is 0 Å². The molecule has 0 radical (unpaired) electrons. The predicted molar refractivity (Wildman–Crippen MR) is 91.1 cm³/mol. The van der Waals surface area contributed by atoms with E-state index in [0.29, 0.717) is 12.1 Å². The van der Waals surface area contributed by atoms with Crippen molar-refractivity contribution in [2.24, 2.45) is 0 Å². The van der Waals surface area contributed by atoms with Gasteiger partial charge in [0, 0.05) is 29.9 Å². The van der Waals surface area contributed by atoms with E-state index >= 15 is 0 Å². The summed E-state index contributed by atoms with van der Waals surface area (Å²) in [7, 11) is 0. The average Bonchev–Trinajstić information content (AvgIpc) is 3.00. The van der Waals surface area contributed by atoms with E-state index in [1.165, 1.54) is 28.8 Å². The summed E-state index contributed by atoms with van der Waals surface area (Å²) in [6.45, 7) is 6.62. The quantitative estimate of drug-likeness (QED) is 0.661. The molecule has 3 aromatic rings. The summed E-state index contributed by atoms with van der Waals surface area (Å²) in [5, 5.41) is 0. The summed E-state index contributed by atoms with van der Waals surface area (Å²) < 4.78 is 28.9. The molecule has 0 unspecified atom stereocenters. The molecule has 0 amide bonds. The van der Waals surface area contributed by atoms with Crippen molar-refractivity contribution in [3.63, 3.8) is 0 Å². The number of nitrogens with zero attached hydrogens (tertiary/aromatic N) is 2. The molecule has 1 heterocycles. The Morgan fingerprint density at radius 2 is 1.92 bits per heavy atom. The average molecular weight is 326 g/mol. The van der Waals surface area contributed by atoms with Crippen LogP contribution in [0.5, 0.6) is 0 Å². The summed E-state index contributed by atoms with van der Waals surface area (Å²) in [6.07, 6.45) is 3.55. The molecule has 0 fully saturated rings. The van der Waals surface area contributed by atoms with Gasteiger partial charge in [0.05, 0.1) is 6.54 Å². The lowest BCUT2D eigenvalue weighted by molar-refractivity contribution is 0.562. The monoisotopic (exact) mass is 326 g/mol. The fourth-order valence-electron chi connectivity index (χ4n) is 3.05. The Morgan fingerprint density at radius 3 is 2.67 bits per heavy atom. The predicted octanol–water partition coefficient (Wildman–Crippen LogP) is 4.98. The second-order valence-electron chi connectivity index (χ2n) is 6.16. The van der Waals surface area contributed by atoms with E-state index < -0.39 is 11.6 Å². The van der Waals surface area contributed by atoms with Crippen LogP contribution in [0.1, 0.15) is 40.9 Å². The van der Waals surface area contributed by atoms with Crippen LogP contribution >= 0.6 is 0 Å². The summed E-state index contributed by atoms with van der Waals surface area (Å²) in [5.74, 6) is -0.143. The minimum atomic E-state index is -0.564. The minimum absolute atomic E-state index is 0.0865. The highest BCUT2D eigenvalue weighted by Gasteiger charge is 2.17. The molecule has 0 aliphatic rings. The smallest absolute Gasteiger partial charge is 0.131 e. The highest BCUT2D eigenvalue weighted by atomic mass is 19.1. The molecule has 1 atom stereocenters. The molecule has 0 spiro atoms. The van der Waals surface area contributed by atoms with Crippen molar-refractivity contribution in [3.05, 3.63) is 88.5 Å². The third kappa shape index (κ3) is 3.09. The molecule has 0 aliphatic heterocycles. The van der Waals surface area contributed by atoms with Crippen LogP contribution in [0.3, 0.4) is 0 Å². The molecule has 2 nitrogen and oxygen atoms in total. The molecule has 4 heteroatoms. The largest absolute Gasteiger partial charge is 0.330 e. The van der Waals surface area contributed by atoms with Crippen LogP contribution in [0.25, 0.3) is 0 Å². The highest BCUT2D eigenvalue weighted by Crippen LogP contribution is 2.27. The van der Waals surface area contributed by atoms with Crippen LogP contribution in [0.4, 0.5) is 8.78 Å². The molecule has 0 saturated carbocycles. The normalized spacial score (nSPS) is 12.4. The van der Waals surface area contributed by atoms with Crippen molar-refractivity contribution in [1.82, 2.24) is 9.55 Å². The molecule has 0 aliphatic carbocycles. The van der Waals surface area contributed by atoms with Crippen LogP contribution in [-0.4, -0.2) is 9.55 Å². The lowest BCUT2D eigenvalue weighted by Crippen LogP contribution is -2.11. The van der Waals surface area contributed by atoms with Gasteiger partial charge in [0.1, 0.15) is 17.5 Å². The zero-order valence-electron chi connectivity index (χ0n) is 14.1. The van der Waals surface area contributed by atoms with Crippen molar-refractivity contribution >= 4 is 0 Å². The standard InChI is InChI=1S/C20H20F2N2/c1-13-5-4-6-18(14(13)2)15(3)20-23-9-10-24(20)12-16-7-8-17(21)11-19(16)22/h4-11,15H,12H2,1-3H3/t15-/m0/s1. The Bertz CT molecular complexity index is 868. The first-order valence-corrected chi connectivity index (χ1v) is 7.98. The maximum absolute atomic E-state index is 13.9. The van der Waals surface area contributed by atoms with Gasteiger partial charge in [-0.05, 0) is 36.6 Å². The van der Waals surface area contributed by atoms with Gasteiger partial charge < -0.3 is 4.57 Å².